The smallest absolute Gasteiger partial charge is 0.309 e. The van der Waals surface area contributed by atoms with E-state index in [1.165, 1.54) is 23.5 Å². The van der Waals surface area contributed by atoms with Gasteiger partial charge in [0, 0.05) is 12.6 Å². The molecule has 0 atom stereocenters. The van der Waals surface area contributed by atoms with E-state index in [9.17, 15) is 13.2 Å². The van der Waals surface area contributed by atoms with Gasteiger partial charge in [0.05, 0.1) is 25.0 Å². The Hall–Kier alpha value is -1.44. The van der Waals surface area contributed by atoms with Gasteiger partial charge in [0.2, 0.25) is 10.0 Å². The largest absolute Gasteiger partial charge is 0.469 e. The molecule has 1 aliphatic rings. The van der Waals surface area contributed by atoms with Crippen LogP contribution in [0.5, 0.6) is 0 Å². The number of aliphatic hydroxyl groups excluding tert-OH is 1. The highest BCUT2D eigenvalue weighted by molar-refractivity contribution is 7.89. The predicted octanol–water partition coefficient (Wildman–Crippen LogP) is 0.547. The van der Waals surface area contributed by atoms with E-state index in [4.69, 9.17) is 5.11 Å². The maximum atomic E-state index is 12.5. The van der Waals surface area contributed by atoms with Crippen molar-refractivity contribution < 1.29 is 23.1 Å². The topological polar surface area (TPSA) is 83.9 Å². The van der Waals surface area contributed by atoms with Gasteiger partial charge in [-0.05, 0) is 30.5 Å². The van der Waals surface area contributed by atoms with Crippen molar-refractivity contribution in [1.82, 2.24) is 4.31 Å². The van der Waals surface area contributed by atoms with E-state index in [0.717, 1.165) is 12.8 Å². The first-order valence-corrected chi connectivity index (χ1v) is 8.21. The second kappa shape index (κ2) is 6.55. The number of ether oxygens (including phenoxy) is 1. The van der Waals surface area contributed by atoms with Crippen LogP contribution in [0.15, 0.2) is 29.2 Å². The number of nitrogens with zero attached hydrogens (tertiary/aromatic N) is 1. The average Bonchev–Trinajstić information content (AvgIpc) is 3.29. The molecule has 0 saturated heterocycles. The molecule has 7 heteroatoms. The number of carbonyl (C=O) groups excluding carboxylic acids is 1. The molecule has 1 fully saturated rings. The van der Waals surface area contributed by atoms with Gasteiger partial charge in [-0.15, -0.1) is 0 Å². The lowest BCUT2D eigenvalue weighted by Gasteiger charge is -2.20. The summed E-state index contributed by atoms with van der Waals surface area (Å²) < 4.78 is 31.0. The zero-order valence-electron chi connectivity index (χ0n) is 11.9. The molecule has 0 amide bonds. The van der Waals surface area contributed by atoms with Crippen molar-refractivity contribution in [2.45, 2.75) is 30.2 Å². The van der Waals surface area contributed by atoms with E-state index in [2.05, 4.69) is 4.74 Å². The number of benzene rings is 1. The molecule has 0 aliphatic heterocycles. The summed E-state index contributed by atoms with van der Waals surface area (Å²) in [6.45, 7) is -0.0902. The lowest BCUT2D eigenvalue weighted by Crippen LogP contribution is -2.35. The maximum Gasteiger partial charge on any atom is 0.309 e. The minimum absolute atomic E-state index is 0.00287. The fourth-order valence-electron chi connectivity index (χ4n) is 2.11. The Balaban J connectivity index is 2.18. The highest BCUT2D eigenvalue weighted by atomic mass is 32.2. The van der Waals surface area contributed by atoms with Crippen LogP contribution in [0.25, 0.3) is 0 Å². The minimum atomic E-state index is -3.59. The third-order valence-corrected chi connectivity index (χ3v) is 5.35. The van der Waals surface area contributed by atoms with E-state index in [0.29, 0.717) is 5.56 Å². The molecule has 2 rings (SSSR count). The molecule has 1 aromatic carbocycles. The van der Waals surface area contributed by atoms with Crippen LogP contribution in [-0.4, -0.2) is 50.1 Å². The molecule has 0 heterocycles. The molecule has 21 heavy (non-hydrogen) atoms. The van der Waals surface area contributed by atoms with Crippen LogP contribution in [0.1, 0.15) is 18.4 Å². The molecule has 6 nitrogen and oxygen atoms in total. The molecule has 116 valence electrons. The third kappa shape index (κ3) is 3.81. The van der Waals surface area contributed by atoms with E-state index in [-0.39, 0.29) is 36.5 Å². The summed E-state index contributed by atoms with van der Waals surface area (Å²) >= 11 is 0. The van der Waals surface area contributed by atoms with Crippen LogP contribution < -0.4 is 0 Å². The van der Waals surface area contributed by atoms with Gasteiger partial charge in [0.25, 0.3) is 0 Å². The number of hydrogen-bond donors (Lipinski definition) is 1. The summed E-state index contributed by atoms with van der Waals surface area (Å²) in [5.74, 6) is -0.370. The second-order valence-electron chi connectivity index (χ2n) is 4.97. The predicted molar refractivity (Wildman–Crippen MR) is 76.2 cm³/mol. The SMILES string of the molecule is COC(=O)Cc1ccc(S(=O)(=O)N(CCO)C2CC2)cc1. The number of aliphatic hydroxyl groups is 1. The van der Waals surface area contributed by atoms with E-state index in [1.54, 1.807) is 12.1 Å². The maximum absolute atomic E-state index is 12.5. The zero-order valence-corrected chi connectivity index (χ0v) is 12.7. The zero-order chi connectivity index (χ0) is 15.5. The van der Waals surface area contributed by atoms with Gasteiger partial charge in [0.15, 0.2) is 0 Å². The van der Waals surface area contributed by atoms with Gasteiger partial charge in [-0.1, -0.05) is 12.1 Å². The molecule has 1 aromatic rings. The summed E-state index contributed by atoms with van der Waals surface area (Å²) in [7, 11) is -2.28. The second-order valence-corrected chi connectivity index (χ2v) is 6.86. The first-order chi connectivity index (χ1) is 9.98. The Kier molecular flexibility index (Phi) is 4.97. The van der Waals surface area contributed by atoms with Crippen LogP contribution in [-0.2, 0) is 26.0 Å². The Morgan fingerprint density at radius 3 is 2.43 bits per heavy atom. The molecule has 0 bridgehead atoms. The lowest BCUT2D eigenvalue weighted by molar-refractivity contribution is -0.139. The van der Waals surface area contributed by atoms with Gasteiger partial charge in [-0.25, -0.2) is 8.42 Å². The first kappa shape index (κ1) is 15.9. The van der Waals surface area contributed by atoms with Crippen molar-refractivity contribution >= 4 is 16.0 Å². The lowest BCUT2D eigenvalue weighted by atomic mass is 10.2. The number of rotatable bonds is 7. The number of methoxy groups -OCH3 is 1. The molecule has 1 aliphatic carbocycles. The van der Waals surface area contributed by atoms with Gasteiger partial charge >= 0.3 is 5.97 Å². The molecule has 0 radical (unpaired) electrons. The van der Waals surface area contributed by atoms with Gasteiger partial charge in [0.1, 0.15) is 0 Å². The van der Waals surface area contributed by atoms with Crippen LogP contribution in [0.4, 0.5) is 0 Å². The standard InChI is InChI=1S/C14H19NO5S/c1-20-14(17)10-11-2-6-13(7-3-11)21(18,19)15(8-9-16)12-4-5-12/h2-3,6-7,12,16H,4-5,8-10H2,1H3. The number of esters is 1. The Morgan fingerprint density at radius 2 is 1.95 bits per heavy atom. The van der Waals surface area contributed by atoms with Crippen molar-refractivity contribution in [3.8, 4) is 0 Å². The molecule has 0 spiro atoms. The summed E-state index contributed by atoms with van der Waals surface area (Å²) in [5.41, 5.74) is 0.695. The van der Waals surface area contributed by atoms with Crippen LogP contribution in [0.2, 0.25) is 0 Å². The summed E-state index contributed by atoms with van der Waals surface area (Å²) in [5, 5.41) is 9.04. The Labute approximate surface area is 124 Å². The molecule has 1 saturated carbocycles. The van der Waals surface area contributed by atoms with Gasteiger partial charge in [-0.3, -0.25) is 4.79 Å². The summed E-state index contributed by atoms with van der Waals surface area (Å²) in [6, 6.07) is 6.18. The van der Waals surface area contributed by atoms with Crippen molar-refractivity contribution in [3.05, 3.63) is 29.8 Å². The third-order valence-electron chi connectivity index (χ3n) is 3.38. The van der Waals surface area contributed by atoms with Gasteiger partial charge in [-0.2, -0.15) is 4.31 Å². The Bertz CT molecular complexity index is 592. The molecule has 1 N–H and O–H groups in total. The van der Waals surface area contributed by atoms with Crippen molar-refractivity contribution in [3.63, 3.8) is 0 Å². The quantitative estimate of drug-likeness (QED) is 0.743. The fraction of sp³-hybridized carbons (Fsp3) is 0.500. The minimum Gasteiger partial charge on any atom is -0.469 e. The van der Waals surface area contributed by atoms with Gasteiger partial charge < -0.3 is 9.84 Å². The van der Waals surface area contributed by atoms with E-state index < -0.39 is 10.0 Å². The van der Waals surface area contributed by atoms with Crippen molar-refractivity contribution in [2.75, 3.05) is 20.3 Å². The average molecular weight is 313 g/mol. The number of carbonyl (C=O) groups is 1. The van der Waals surface area contributed by atoms with E-state index >= 15 is 0 Å². The summed E-state index contributed by atoms with van der Waals surface area (Å²) in [6.07, 6.45) is 1.78. The fourth-order valence-corrected chi connectivity index (χ4v) is 3.79. The van der Waals surface area contributed by atoms with Crippen molar-refractivity contribution in [2.24, 2.45) is 0 Å². The molecule has 0 unspecified atom stereocenters. The summed E-state index contributed by atoms with van der Waals surface area (Å²) in [4.78, 5) is 11.4. The first-order valence-electron chi connectivity index (χ1n) is 6.77. The normalized spacial score (nSPS) is 15.2. The van der Waals surface area contributed by atoms with E-state index in [1.807, 2.05) is 0 Å². The number of hydrogen-bond acceptors (Lipinski definition) is 5. The molecular formula is C14H19NO5S. The Morgan fingerprint density at radius 1 is 1.33 bits per heavy atom. The van der Waals surface area contributed by atoms with Crippen molar-refractivity contribution in [1.29, 1.82) is 0 Å². The van der Waals surface area contributed by atoms with Crippen LogP contribution in [0.3, 0.4) is 0 Å². The highest BCUT2D eigenvalue weighted by Gasteiger charge is 2.37. The molecular weight excluding hydrogens is 294 g/mol. The highest BCUT2D eigenvalue weighted by Crippen LogP contribution is 2.31. The van der Waals surface area contributed by atoms with Crippen LogP contribution in [0, 0.1) is 0 Å². The monoisotopic (exact) mass is 313 g/mol. The number of sulfonamides is 1. The van der Waals surface area contributed by atoms with Crippen LogP contribution >= 0.6 is 0 Å². The molecule has 0 aromatic heterocycles.